The minimum atomic E-state index is -0.152. The molecule has 3 rings (SSSR count). The van der Waals surface area contributed by atoms with Gasteiger partial charge in [-0.2, -0.15) is 0 Å². The summed E-state index contributed by atoms with van der Waals surface area (Å²) in [5.74, 6) is -0.152. The number of piperidine rings is 1. The van der Waals surface area contributed by atoms with Gasteiger partial charge in [0.1, 0.15) is 0 Å². The highest BCUT2D eigenvalue weighted by molar-refractivity contribution is 5.94. The highest BCUT2D eigenvalue weighted by atomic mass is 16.1. The molecule has 1 amide bonds. The fourth-order valence-corrected chi connectivity index (χ4v) is 2.70. The lowest BCUT2D eigenvalue weighted by atomic mass is 10.0. The standard InChI is InChI=1S/C17H20N4O2/c18-14-8-9-19-11-15(14)20-17(23)12-4-6-13(7-5-12)21-10-2-1-3-16(21)22/h1-7,10,14-15,19H,8-9,11,18H2,(H,20,23)/t14-,15+/m1/s1. The van der Waals surface area contributed by atoms with E-state index in [1.165, 1.54) is 10.6 Å². The second-order valence-electron chi connectivity index (χ2n) is 5.69. The number of aromatic nitrogens is 1. The summed E-state index contributed by atoms with van der Waals surface area (Å²) in [6.07, 6.45) is 2.55. The van der Waals surface area contributed by atoms with Gasteiger partial charge in [0.05, 0.1) is 6.04 Å². The summed E-state index contributed by atoms with van der Waals surface area (Å²) >= 11 is 0. The van der Waals surface area contributed by atoms with E-state index in [9.17, 15) is 9.59 Å². The van der Waals surface area contributed by atoms with Gasteiger partial charge in [-0.15, -0.1) is 0 Å². The number of nitrogens with zero attached hydrogens (tertiary/aromatic N) is 1. The molecule has 0 bridgehead atoms. The predicted octanol–water partition coefficient (Wildman–Crippen LogP) is 0.257. The van der Waals surface area contributed by atoms with Crippen molar-refractivity contribution in [2.75, 3.05) is 13.1 Å². The van der Waals surface area contributed by atoms with Crippen molar-refractivity contribution < 1.29 is 4.79 Å². The van der Waals surface area contributed by atoms with E-state index in [-0.39, 0.29) is 23.6 Å². The molecule has 1 aromatic carbocycles. The largest absolute Gasteiger partial charge is 0.346 e. The Hall–Kier alpha value is -2.44. The fourth-order valence-electron chi connectivity index (χ4n) is 2.70. The molecular formula is C17H20N4O2. The molecule has 1 aromatic heterocycles. The minimum absolute atomic E-state index is 0.0256. The minimum Gasteiger partial charge on any atom is -0.346 e. The van der Waals surface area contributed by atoms with Crippen molar-refractivity contribution in [3.63, 3.8) is 0 Å². The molecular weight excluding hydrogens is 292 g/mol. The van der Waals surface area contributed by atoms with E-state index in [4.69, 9.17) is 5.73 Å². The van der Waals surface area contributed by atoms with Gasteiger partial charge in [0.2, 0.25) is 0 Å². The van der Waals surface area contributed by atoms with E-state index >= 15 is 0 Å². The number of carbonyl (C=O) groups excluding carboxylic acids is 1. The number of pyridine rings is 1. The Morgan fingerprint density at radius 2 is 2.00 bits per heavy atom. The van der Waals surface area contributed by atoms with Gasteiger partial charge in [-0.3, -0.25) is 14.2 Å². The zero-order valence-corrected chi connectivity index (χ0v) is 12.7. The Morgan fingerprint density at radius 1 is 1.22 bits per heavy atom. The monoisotopic (exact) mass is 312 g/mol. The molecule has 2 atom stereocenters. The number of nitrogens with two attached hydrogens (primary N) is 1. The Balaban J connectivity index is 1.73. The van der Waals surface area contributed by atoms with Crippen molar-refractivity contribution in [1.29, 1.82) is 0 Å². The molecule has 1 aliphatic heterocycles. The first-order valence-electron chi connectivity index (χ1n) is 7.70. The molecule has 2 aromatic rings. The first kappa shape index (κ1) is 15.5. The van der Waals surface area contributed by atoms with Crippen molar-refractivity contribution >= 4 is 5.91 Å². The van der Waals surface area contributed by atoms with Gasteiger partial charge in [0.25, 0.3) is 11.5 Å². The zero-order chi connectivity index (χ0) is 16.2. The van der Waals surface area contributed by atoms with Crippen LogP contribution in [0, 0.1) is 0 Å². The van der Waals surface area contributed by atoms with Crippen LogP contribution in [-0.4, -0.2) is 35.6 Å². The third-order valence-electron chi connectivity index (χ3n) is 4.08. The van der Waals surface area contributed by atoms with Crippen LogP contribution in [-0.2, 0) is 0 Å². The number of hydrogen-bond donors (Lipinski definition) is 3. The average molecular weight is 312 g/mol. The van der Waals surface area contributed by atoms with Gasteiger partial charge in [-0.25, -0.2) is 0 Å². The van der Waals surface area contributed by atoms with Crippen LogP contribution in [0.25, 0.3) is 5.69 Å². The van der Waals surface area contributed by atoms with E-state index < -0.39 is 0 Å². The normalized spacial score (nSPS) is 20.9. The van der Waals surface area contributed by atoms with Crippen molar-refractivity contribution in [2.24, 2.45) is 5.73 Å². The number of amides is 1. The van der Waals surface area contributed by atoms with Crippen LogP contribution < -0.4 is 21.9 Å². The Kier molecular flexibility index (Phi) is 4.55. The molecule has 1 aliphatic rings. The fraction of sp³-hybridized carbons (Fsp3) is 0.294. The summed E-state index contributed by atoms with van der Waals surface area (Å²) in [7, 11) is 0. The summed E-state index contributed by atoms with van der Waals surface area (Å²) in [4.78, 5) is 24.1. The van der Waals surface area contributed by atoms with Gasteiger partial charge >= 0.3 is 0 Å². The summed E-state index contributed by atoms with van der Waals surface area (Å²) in [6.45, 7) is 1.57. The van der Waals surface area contributed by atoms with E-state index in [1.54, 1.807) is 42.6 Å². The lowest BCUT2D eigenvalue weighted by Crippen LogP contribution is -2.57. The van der Waals surface area contributed by atoms with Gasteiger partial charge in [-0.1, -0.05) is 6.07 Å². The summed E-state index contributed by atoms with van der Waals surface area (Å²) in [5.41, 5.74) is 7.20. The molecule has 0 aliphatic carbocycles. The van der Waals surface area contributed by atoms with E-state index in [0.29, 0.717) is 12.1 Å². The van der Waals surface area contributed by atoms with E-state index in [0.717, 1.165) is 18.7 Å². The number of benzene rings is 1. The molecule has 23 heavy (non-hydrogen) atoms. The van der Waals surface area contributed by atoms with Crippen LogP contribution >= 0.6 is 0 Å². The lowest BCUT2D eigenvalue weighted by molar-refractivity contribution is 0.0925. The lowest BCUT2D eigenvalue weighted by Gasteiger charge is -2.30. The van der Waals surface area contributed by atoms with Crippen LogP contribution in [0.4, 0.5) is 0 Å². The maximum absolute atomic E-state index is 12.3. The van der Waals surface area contributed by atoms with Gasteiger partial charge < -0.3 is 16.4 Å². The van der Waals surface area contributed by atoms with Crippen LogP contribution in [0.5, 0.6) is 0 Å². The molecule has 120 valence electrons. The predicted molar refractivity (Wildman–Crippen MR) is 88.8 cm³/mol. The Bertz CT molecular complexity index is 739. The molecule has 0 unspecified atom stereocenters. The molecule has 4 N–H and O–H groups in total. The van der Waals surface area contributed by atoms with Crippen LogP contribution in [0.1, 0.15) is 16.8 Å². The second-order valence-corrected chi connectivity index (χ2v) is 5.69. The third-order valence-corrected chi connectivity index (χ3v) is 4.08. The molecule has 0 radical (unpaired) electrons. The number of rotatable bonds is 3. The first-order chi connectivity index (χ1) is 11.1. The smallest absolute Gasteiger partial charge is 0.255 e. The highest BCUT2D eigenvalue weighted by Crippen LogP contribution is 2.09. The Labute approximate surface area is 134 Å². The maximum atomic E-state index is 12.3. The van der Waals surface area contributed by atoms with Crippen molar-refractivity contribution in [3.05, 3.63) is 64.6 Å². The average Bonchev–Trinajstić information content (AvgIpc) is 2.57. The first-order valence-corrected chi connectivity index (χ1v) is 7.70. The van der Waals surface area contributed by atoms with Gasteiger partial charge in [-0.05, 0) is 43.3 Å². The zero-order valence-electron chi connectivity index (χ0n) is 12.7. The van der Waals surface area contributed by atoms with Crippen LogP contribution in [0.3, 0.4) is 0 Å². The molecule has 6 nitrogen and oxygen atoms in total. The molecule has 2 heterocycles. The van der Waals surface area contributed by atoms with Crippen molar-refractivity contribution in [3.8, 4) is 5.69 Å². The Morgan fingerprint density at radius 3 is 2.70 bits per heavy atom. The highest BCUT2D eigenvalue weighted by Gasteiger charge is 2.23. The molecule has 6 heteroatoms. The summed E-state index contributed by atoms with van der Waals surface area (Å²) < 4.78 is 1.53. The third kappa shape index (κ3) is 3.49. The van der Waals surface area contributed by atoms with Crippen molar-refractivity contribution in [1.82, 2.24) is 15.2 Å². The maximum Gasteiger partial charge on any atom is 0.255 e. The summed E-state index contributed by atoms with van der Waals surface area (Å²) in [6, 6.07) is 11.8. The second kappa shape index (κ2) is 6.76. The van der Waals surface area contributed by atoms with Crippen LogP contribution in [0.2, 0.25) is 0 Å². The number of hydrogen-bond acceptors (Lipinski definition) is 4. The van der Waals surface area contributed by atoms with Gasteiger partial charge in [0.15, 0.2) is 0 Å². The van der Waals surface area contributed by atoms with E-state index in [1.807, 2.05) is 0 Å². The summed E-state index contributed by atoms with van der Waals surface area (Å²) in [5, 5.41) is 6.19. The van der Waals surface area contributed by atoms with Gasteiger partial charge in [0, 0.05) is 36.1 Å². The molecule has 0 spiro atoms. The number of carbonyl (C=O) groups is 1. The SMILES string of the molecule is N[C@@H]1CCNC[C@@H]1NC(=O)c1ccc(-n2ccccc2=O)cc1. The number of nitrogens with one attached hydrogen (secondary N) is 2. The molecule has 1 saturated heterocycles. The topological polar surface area (TPSA) is 89.2 Å². The van der Waals surface area contributed by atoms with Crippen molar-refractivity contribution in [2.45, 2.75) is 18.5 Å². The molecule has 0 saturated carbocycles. The van der Waals surface area contributed by atoms with E-state index in [2.05, 4.69) is 10.6 Å². The quantitative estimate of drug-likeness (QED) is 0.758. The van der Waals surface area contributed by atoms with Crippen LogP contribution in [0.15, 0.2) is 53.5 Å². The molecule has 1 fully saturated rings.